The zero-order valence-electron chi connectivity index (χ0n) is 12.8. The fraction of sp³-hybridized carbons (Fsp3) is 0.417. The van der Waals surface area contributed by atoms with Gasteiger partial charge in [0.15, 0.2) is 0 Å². The third-order valence-electron chi connectivity index (χ3n) is 3.48. The Morgan fingerprint density at radius 3 is 1.72 bits per heavy atom. The van der Waals surface area contributed by atoms with Crippen molar-refractivity contribution in [2.75, 3.05) is 13.1 Å². The van der Waals surface area contributed by atoms with Crippen LogP contribution in [0.2, 0.25) is 0 Å². The number of non-ortho nitro benzene ring substituents is 1. The number of nitrogens with zero attached hydrogens (tertiary/aromatic N) is 3. The van der Waals surface area contributed by atoms with Crippen LogP contribution in [0, 0.1) is 36.3 Å². The molecular formula is C12H15N5O8. The maximum Gasteiger partial charge on any atom is 0.283 e. The van der Waals surface area contributed by atoms with Gasteiger partial charge in [0.05, 0.1) is 45.7 Å². The number of hydrogen-bond donors (Lipinski definition) is 2. The minimum atomic E-state index is -1.46. The second-order valence-corrected chi connectivity index (χ2v) is 5.13. The summed E-state index contributed by atoms with van der Waals surface area (Å²) >= 11 is 0. The first-order valence-electron chi connectivity index (χ1n) is 7.04. The molecule has 13 heteroatoms. The number of nitro groups is 3. The summed E-state index contributed by atoms with van der Waals surface area (Å²) in [5.74, 6) is -1.42. The van der Waals surface area contributed by atoms with Gasteiger partial charge in [0.25, 0.3) is 17.1 Å². The average Bonchev–Trinajstić information content (AvgIpc) is 2.55. The standard InChI is InChI=1S/C6H3N3O7.C6H12N2O/c10-6-4(8(13)14)1-3(7(11)12)2-5(6)9(15)16;7-6(9)5-1-3-8-4-2-5/h1-2,10H;5,8H,1-4H2,(H2,7,9). The molecule has 1 aromatic rings. The number of carbonyl (C=O) groups excluding carboxylic acids is 1. The van der Waals surface area contributed by atoms with Gasteiger partial charge in [0.2, 0.25) is 5.91 Å². The Morgan fingerprint density at radius 2 is 1.44 bits per heavy atom. The smallest absolute Gasteiger partial charge is 0.283 e. The Balaban J connectivity index is 0.000000293. The fourth-order valence-electron chi connectivity index (χ4n) is 2.17. The summed E-state index contributed by atoms with van der Waals surface area (Å²) in [5.41, 5.74) is 1.85. The van der Waals surface area contributed by atoms with Crippen LogP contribution in [0.4, 0.5) is 17.1 Å². The van der Waals surface area contributed by atoms with Gasteiger partial charge >= 0.3 is 0 Å². The van der Waals surface area contributed by atoms with Gasteiger partial charge in [-0.05, 0) is 0 Å². The van der Waals surface area contributed by atoms with E-state index in [-0.39, 0.29) is 11.8 Å². The summed E-state index contributed by atoms with van der Waals surface area (Å²) in [4.78, 5) is 38.1. The number of carbonyl (C=O) groups is 1. The summed E-state index contributed by atoms with van der Waals surface area (Å²) in [6.07, 6.45) is 1.94. The molecule has 136 valence electrons. The summed E-state index contributed by atoms with van der Waals surface area (Å²) < 4.78 is 0. The maximum atomic E-state index is 11.1. The topological polar surface area (TPSA) is 212 Å². The Hall–Kier alpha value is -3.35. The number of nitrogens with two attached hydrogens (primary N) is 2. The zero-order valence-corrected chi connectivity index (χ0v) is 12.8. The molecule has 13 nitrogen and oxygen atoms in total. The molecule has 1 aromatic carbocycles. The number of piperidine rings is 1. The van der Waals surface area contributed by atoms with E-state index in [0.29, 0.717) is 12.1 Å². The summed E-state index contributed by atoms with van der Waals surface area (Å²) in [5, 5.41) is 44.3. The van der Waals surface area contributed by atoms with E-state index in [1.165, 1.54) is 0 Å². The van der Waals surface area contributed by atoms with E-state index in [1.807, 2.05) is 0 Å². The molecule has 1 aliphatic heterocycles. The largest absolute Gasteiger partial charge is 0.863 e. The SMILES string of the molecule is NC(=O)C1CC[NH2+]CC1.O=[N+]([O-])c1cc([N+](=O)[O-])c([O-])c([N+](=O)[O-])c1. The van der Waals surface area contributed by atoms with Crippen LogP contribution in [0.5, 0.6) is 5.75 Å². The first kappa shape index (κ1) is 19.7. The molecule has 1 aliphatic rings. The molecule has 4 N–H and O–H groups in total. The van der Waals surface area contributed by atoms with Crippen molar-refractivity contribution in [2.24, 2.45) is 11.7 Å². The van der Waals surface area contributed by atoms with Crippen molar-refractivity contribution in [3.63, 3.8) is 0 Å². The van der Waals surface area contributed by atoms with Crippen LogP contribution in [0.25, 0.3) is 0 Å². The van der Waals surface area contributed by atoms with Gasteiger partial charge in [-0.3, -0.25) is 35.1 Å². The maximum absolute atomic E-state index is 11.1. The second kappa shape index (κ2) is 8.49. The molecule has 0 spiro atoms. The lowest BCUT2D eigenvalue weighted by atomic mass is 9.98. The van der Waals surface area contributed by atoms with Crippen LogP contribution < -0.4 is 16.2 Å². The highest BCUT2D eigenvalue weighted by molar-refractivity contribution is 5.76. The first-order valence-corrected chi connectivity index (χ1v) is 7.04. The van der Waals surface area contributed by atoms with Gasteiger partial charge in [-0.15, -0.1) is 0 Å². The van der Waals surface area contributed by atoms with E-state index in [9.17, 15) is 40.2 Å². The number of hydrogen-bond acceptors (Lipinski definition) is 8. The molecule has 1 saturated heterocycles. The highest BCUT2D eigenvalue weighted by Gasteiger charge is 2.24. The third kappa shape index (κ3) is 5.35. The summed E-state index contributed by atoms with van der Waals surface area (Å²) in [6.45, 7) is 2.13. The van der Waals surface area contributed by atoms with E-state index < -0.39 is 37.6 Å². The molecule has 1 heterocycles. The van der Waals surface area contributed by atoms with Crippen LogP contribution in [0.1, 0.15) is 12.8 Å². The molecule has 0 bridgehead atoms. The van der Waals surface area contributed by atoms with Crippen molar-refractivity contribution in [3.8, 4) is 5.75 Å². The zero-order chi connectivity index (χ0) is 19.1. The van der Waals surface area contributed by atoms with E-state index in [2.05, 4.69) is 5.32 Å². The number of benzene rings is 1. The van der Waals surface area contributed by atoms with Crippen LogP contribution in [-0.2, 0) is 4.79 Å². The Bertz CT molecular complexity index is 666. The molecule has 0 aliphatic carbocycles. The van der Waals surface area contributed by atoms with E-state index in [4.69, 9.17) is 5.73 Å². The minimum Gasteiger partial charge on any atom is -0.863 e. The quantitative estimate of drug-likeness (QED) is 0.498. The van der Waals surface area contributed by atoms with Crippen LogP contribution in [0.15, 0.2) is 12.1 Å². The average molecular weight is 357 g/mol. The van der Waals surface area contributed by atoms with Gasteiger partial charge in [0, 0.05) is 18.8 Å². The van der Waals surface area contributed by atoms with Crippen molar-refractivity contribution >= 4 is 23.0 Å². The highest BCUT2D eigenvalue weighted by Crippen LogP contribution is 2.36. The number of amides is 1. The van der Waals surface area contributed by atoms with Gasteiger partial charge in [-0.2, -0.15) is 0 Å². The normalized spacial score (nSPS) is 14.1. The predicted molar refractivity (Wildman–Crippen MR) is 79.4 cm³/mol. The molecule has 1 fully saturated rings. The van der Waals surface area contributed by atoms with Gasteiger partial charge < -0.3 is 16.2 Å². The van der Waals surface area contributed by atoms with Crippen molar-refractivity contribution in [1.82, 2.24) is 0 Å². The molecule has 0 atom stereocenters. The lowest BCUT2D eigenvalue weighted by Crippen LogP contribution is -2.86. The number of primary amides is 1. The Morgan fingerprint density at radius 1 is 1.00 bits per heavy atom. The summed E-state index contributed by atoms with van der Waals surface area (Å²) in [6, 6.07) is 0.769. The van der Waals surface area contributed by atoms with Crippen molar-refractivity contribution in [2.45, 2.75) is 12.8 Å². The number of nitro benzene ring substituents is 3. The van der Waals surface area contributed by atoms with Crippen LogP contribution in [-0.4, -0.2) is 33.8 Å². The predicted octanol–water partition coefficient (Wildman–Crippen LogP) is -1.07. The molecular weight excluding hydrogens is 342 g/mol. The lowest BCUT2D eigenvalue weighted by molar-refractivity contribution is -0.663. The van der Waals surface area contributed by atoms with Gasteiger partial charge in [0.1, 0.15) is 0 Å². The van der Waals surface area contributed by atoms with E-state index in [0.717, 1.165) is 25.9 Å². The Labute approximate surface area is 139 Å². The number of rotatable bonds is 4. The van der Waals surface area contributed by atoms with Crippen molar-refractivity contribution in [1.29, 1.82) is 0 Å². The van der Waals surface area contributed by atoms with Crippen LogP contribution in [0.3, 0.4) is 0 Å². The number of quaternary nitrogens is 1. The van der Waals surface area contributed by atoms with Gasteiger partial charge in [-0.25, -0.2) is 0 Å². The lowest BCUT2D eigenvalue weighted by Gasteiger charge is -2.16. The molecule has 0 saturated carbocycles. The van der Waals surface area contributed by atoms with Crippen molar-refractivity contribution < 1.29 is 30.0 Å². The van der Waals surface area contributed by atoms with Gasteiger partial charge in [-0.1, -0.05) is 0 Å². The first-order chi connectivity index (χ1) is 11.6. The molecule has 25 heavy (non-hydrogen) atoms. The molecule has 1 amide bonds. The molecule has 2 rings (SSSR count). The van der Waals surface area contributed by atoms with Crippen LogP contribution >= 0.6 is 0 Å². The van der Waals surface area contributed by atoms with Crippen molar-refractivity contribution in [3.05, 3.63) is 42.5 Å². The highest BCUT2D eigenvalue weighted by atomic mass is 16.6. The minimum absolute atomic E-state index is 0.122. The molecule has 0 aromatic heterocycles. The molecule has 0 unspecified atom stereocenters. The fourth-order valence-corrected chi connectivity index (χ4v) is 2.17. The van der Waals surface area contributed by atoms with E-state index >= 15 is 0 Å². The Kier molecular flexibility index (Phi) is 6.69. The second-order valence-electron chi connectivity index (χ2n) is 5.13. The monoisotopic (exact) mass is 357 g/mol. The molecule has 0 radical (unpaired) electrons. The third-order valence-corrected chi connectivity index (χ3v) is 3.48. The van der Waals surface area contributed by atoms with E-state index in [1.54, 1.807) is 0 Å². The summed E-state index contributed by atoms with van der Waals surface area (Å²) in [7, 11) is 0.